The highest BCUT2D eigenvalue weighted by Gasteiger charge is 2.05. The fourth-order valence-corrected chi connectivity index (χ4v) is 2.25. The lowest BCUT2D eigenvalue weighted by Crippen LogP contribution is -2.21. The van der Waals surface area contributed by atoms with Gasteiger partial charge in [0.2, 0.25) is 0 Å². The number of aromatic hydroxyl groups is 1. The molecule has 20 heavy (non-hydrogen) atoms. The van der Waals surface area contributed by atoms with Crippen LogP contribution in [0.1, 0.15) is 35.2 Å². The highest BCUT2D eigenvalue weighted by Crippen LogP contribution is 2.17. The Morgan fingerprint density at radius 3 is 2.35 bits per heavy atom. The molecule has 0 aliphatic rings. The second-order valence-electron chi connectivity index (χ2n) is 5.44. The molecule has 0 spiro atoms. The van der Waals surface area contributed by atoms with Gasteiger partial charge in [0.05, 0.1) is 0 Å². The van der Waals surface area contributed by atoms with Gasteiger partial charge in [0.15, 0.2) is 0 Å². The molecule has 1 atom stereocenters. The first-order chi connectivity index (χ1) is 9.56. The zero-order valence-corrected chi connectivity index (χ0v) is 12.5. The number of hydrogen-bond donors (Lipinski definition) is 2. The third kappa shape index (κ3) is 3.84. The van der Waals surface area contributed by atoms with Crippen molar-refractivity contribution in [2.24, 2.45) is 0 Å². The van der Waals surface area contributed by atoms with Crippen molar-refractivity contribution < 1.29 is 5.11 Å². The Morgan fingerprint density at radius 2 is 1.70 bits per heavy atom. The molecule has 2 N–H and O–H groups in total. The highest BCUT2D eigenvalue weighted by molar-refractivity contribution is 5.31. The van der Waals surface area contributed by atoms with E-state index in [0.29, 0.717) is 11.8 Å². The topological polar surface area (TPSA) is 32.3 Å². The maximum absolute atomic E-state index is 9.25. The summed E-state index contributed by atoms with van der Waals surface area (Å²) in [6.45, 7) is 7.42. The molecular formula is C18H23NO. The molecule has 1 unspecified atom stereocenters. The van der Waals surface area contributed by atoms with Gasteiger partial charge in [-0.15, -0.1) is 0 Å². The number of hydrogen-bond acceptors (Lipinski definition) is 2. The van der Waals surface area contributed by atoms with E-state index in [2.05, 4.69) is 44.3 Å². The number of benzene rings is 2. The van der Waals surface area contributed by atoms with Crippen molar-refractivity contribution in [1.29, 1.82) is 0 Å². The minimum absolute atomic E-state index is 0.324. The second kappa shape index (κ2) is 6.58. The van der Waals surface area contributed by atoms with Crippen molar-refractivity contribution in [1.82, 2.24) is 5.32 Å². The molecule has 2 aromatic carbocycles. The van der Waals surface area contributed by atoms with E-state index in [-0.39, 0.29) is 0 Å². The third-order valence-electron chi connectivity index (χ3n) is 3.83. The molecule has 2 aromatic rings. The number of nitrogens with one attached hydrogen (secondary N) is 1. The van der Waals surface area contributed by atoms with Crippen LogP contribution >= 0.6 is 0 Å². The summed E-state index contributed by atoms with van der Waals surface area (Å²) in [5, 5.41) is 12.8. The third-order valence-corrected chi connectivity index (χ3v) is 3.83. The first-order valence-corrected chi connectivity index (χ1v) is 7.14. The summed E-state index contributed by atoms with van der Waals surface area (Å²) in [5.74, 6) is 0.324. The van der Waals surface area contributed by atoms with Crippen LogP contribution in [-0.4, -0.2) is 11.7 Å². The normalized spacial score (nSPS) is 12.3. The number of phenolic OH excluding ortho intramolecular Hbond substituents is 1. The molecule has 0 aromatic heterocycles. The molecule has 0 amide bonds. The molecular weight excluding hydrogens is 246 g/mol. The van der Waals surface area contributed by atoms with E-state index < -0.39 is 0 Å². The molecule has 106 valence electrons. The highest BCUT2D eigenvalue weighted by atomic mass is 16.3. The van der Waals surface area contributed by atoms with Crippen LogP contribution in [0.2, 0.25) is 0 Å². The predicted molar refractivity (Wildman–Crippen MR) is 84.1 cm³/mol. The molecule has 2 heteroatoms. The lowest BCUT2D eigenvalue weighted by atomic mass is 10.0. The maximum atomic E-state index is 9.25. The molecule has 0 bridgehead atoms. The van der Waals surface area contributed by atoms with Crippen molar-refractivity contribution in [2.75, 3.05) is 6.54 Å². The van der Waals surface area contributed by atoms with E-state index in [4.69, 9.17) is 0 Å². The van der Waals surface area contributed by atoms with E-state index in [1.165, 1.54) is 22.3 Å². The molecule has 0 aliphatic heterocycles. The molecule has 0 radical (unpaired) electrons. The van der Waals surface area contributed by atoms with Crippen LogP contribution in [0.25, 0.3) is 0 Å². The average Bonchev–Trinajstić information content (AvgIpc) is 2.44. The van der Waals surface area contributed by atoms with Crippen LogP contribution in [0.15, 0.2) is 42.5 Å². The van der Waals surface area contributed by atoms with Crippen LogP contribution in [0.5, 0.6) is 5.75 Å². The number of rotatable bonds is 5. The van der Waals surface area contributed by atoms with Gasteiger partial charge >= 0.3 is 0 Å². The monoisotopic (exact) mass is 269 g/mol. The zero-order valence-electron chi connectivity index (χ0n) is 12.5. The van der Waals surface area contributed by atoms with E-state index in [1.807, 2.05) is 12.1 Å². The molecule has 2 rings (SSSR count). The summed E-state index contributed by atoms with van der Waals surface area (Å²) in [6.07, 6.45) is 0.968. The molecule has 0 saturated heterocycles. The van der Waals surface area contributed by atoms with Crippen LogP contribution in [0, 0.1) is 13.8 Å². The van der Waals surface area contributed by atoms with Gasteiger partial charge in [-0.25, -0.2) is 0 Å². The molecule has 0 saturated carbocycles. The molecule has 0 heterocycles. The SMILES string of the molecule is Cc1ccc(C(C)NCCc2ccc(O)cc2)cc1C. The molecule has 2 nitrogen and oxygen atoms in total. The Kier molecular flexibility index (Phi) is 4.80. The smallest absolute Gasteiger partial charge is 0.115 e. The van der Waals surface area contributed by atoms with Gasteiger partial charge in [0.25, 0.3) is 0 Å². The number of phenols is 1. The van der Waals surface area contributed by atoms with Crippen molar-refractivity contribution in [3.8, 4) is 5.75 Å². The van der Waals surface area contributed by atoms with Gasteiger partial charge in [-0.1, -0.05) is 30.3 Å². The summed E-state index contributed by atoms with van der Waals surface area (Å²) < 4.78 is 0. The van der Waals surface area contributed by atoms with Gasteiger partial charge in [-0.2, -0.15) is 0 Å². The van der Waals surface area contributed by atoms with Crippen molar-refractivity contribution >= 4 is 0 Å². The Morgan fingerprint density at radius 1 is 1.00 bits per heavy atom. The van der Waals surface area contributed by atoms with Crippen LogP contribution < -0.4 is 5.32 Å². The van der Waals surface area contributed by atoms with E-state index >= 15 is 0 Å². The lowest BCUT2D eigenvalue weighted by molar-refractivity contribution is 0.475. The quantitative estimate of drug-likeness (QED) is 0.862. The van der Waals surface area contributed by atoms with Crippen molar-refractivity contribution in [3.63, 3.8) is 0 Å². The Balaban J connectivity index is 1.87. The molecule has 0 fully saturated rings. The minimum Gasteiger partial charge on any atom is -0.508 e. The maximum Gasteiger partial charge on any atom is 0.115 e. The zero-order chi connectivity index (χ0) is 14.5. The van der Waals surface area contributed by atoms with Gasteiger partial charge in [0, 0.05) is 6.04 Å². The van der Waals surface area contributed by atoms with Gasteiger partial charge in [-0.3, -0.25) is 0 Å². The summed E-state index contributed by atoms with van der Waals surface area (Å²) in [7, 11) is 0. The van der Waals surface area contributed by atoms with Gasteiger partial charge in [0.1, 0.15) is 5.75 Å². The standard InChI is InChI=1S/C18H23NO/c1-13-4-7-17(12-14(13)2)15(3)19-11-10-16-5-8-18(20)9-6-16/h4-9,12,15,19-20H,10-11H2,1-3H3. The van der Waals surface area contributed by atoms with Gasteiger partial charge in [-0.05, 0) is 68.1 Å². The molecule has 0 aliphatic carbocycles. The minimum atomic E-state index is 0.324. The summed E-state index contributed by atoms with van der Waals surface area (Å²) in [4.78, 5) is 0. The first kappa shape index (κ1) is 14.6. The Hall–Kier alpha value is -1.80. The second-order valence-corrected chi connectivity index (χ2v) is 5.44. The average molecular weight is 269 g/mol. The predicted octanol–water partition coefficient (Wildman–Crippen LogP) is 3.90. The fraction of sp³-hybridized carbons (Fsp3) is 0.333. The van der Waals surface area contributed by atoms with Crippen molar-refractivity contribution in [3.05, 3.63) is 64.7 Å². The van der Waals surface area contributed by atoms with Crippen molar-refractivity contribution in [2.45, 2.75) is 33.2 Å². The van der Waals surface area contributed by atoms with Crippen LogP contribution in [0.4, 0.5) is 0 Å². The number of aryl methyl sites for hydroxylation is 2. The first-order valence-electron chi connectivity index (χ1n) is 7.14. The van der Waals surface area contributed by atoms with Gasteiger partial charge < -0.3 is 10.4 Å². The summed E-state index contributed by atoms with van der Waals surface area (Å²) in [6, 6.07) is 14.4. The van der Waals surface area contributed by atoms with E-state index in [9.17, 15) is 5.11 Å². The van der Waals surface area contributed by atoms with Crippen LogP contribution in [-0.2, 0) is 6.42 Å². The lowest BCUT2D eigenvalue weighted by Gasteiger charge is -2.15. The van der Waals surface area contributed by atoms with E-state index in [0.717, 1.165) is 13.0 Å². The summed E-state index contributed by atoms with van der Waals surface area (Å²) >= 11 is 0. The fourth-order valence-electron chi connectivity index (χ4n) is 2.25. The largest absolute Gasteiger partial charge is 0.508 e. The van der Waals surface area contributed by atoms with E-state index in [1.54, 1.807) is 12.1 Å². The Bertz CT molecular complexity index is 560. The summed E-state index contributed by atoms with van der Waals surface area (Å²) in [5.41, 5.74) is 5.25. The Labute approximate surface area is 121 Å². The van der Waals surface area contributed by atoms with Crippen LogP contribution in [0.3, 0.4) is 0 Å².